The van der Waals surface area contributed by atoms with Gasteiger partial charge in [0.25, 0.3) is 11.1 Å². The van der Waals surface area contributed by atoms with Crippen molar-refractivity contribution in [3.8, 4) is 11.4 Å². The van der Waals surface area contributed by atoms with Gasteiger partial charge < -0.3 is 0 Å². The Labute approximate surface area is 187 Å². The smallest absolute Gasteiger partial charge is 0.275 e. The van der Waals surface area contributed by atoms with Crippen molar-refractivity contribution >= 4 is 0 Å². The van der Waals surface area contributed by atoms with Crippen molar-refractivity contribution in [3.63, 3.8) is 0 Å². The van der Waals surface area contributed by atoms with Crippen molar-refractivity contribution in [2.75, 3.05) is 0 Å². The van der Waals surface area contributed by atoms with Gasteiger partial charge in [0.2, 0.25) is 0 Å². The Balaban J connectivity index is 1.86. The Morgan fingerprint density at radius 3 is 1.56 bits per heavy atom. The van der Waals surface area contributed by atoms with Crippen LogP contribution in [0.25, 0.3) is 11.4 Å². The van der Waals surface area contributed by atoms with Gasteiger partial charge in [-0.1, -0.05) is 62.6 Å². The third kappa shape index (κ3) is 4.00. The summed E-state index contributed by atoms with van der Waals surface area (Å²) in [5, 5.41) is 6.46. The fourth-order valence-electron chi connectivity index (χ4n) is 4.49. The molecule has 4 aromatic rings. The number of rotatable bonds is 8. The molecule has 0 saturated carbocycles. The average molecular weight is 431 g/mol. The number of hydrogen-bond acceptors (Lipinski definition) is 2. The number of hydrogen-bond donors (Lipinski definition) is 2. The van der Waals surface area contributed by atoms with E-state index in [1.165, 1.54) is 0 Å². The van der Waals surface area contributed by atoms with Crippen LogP contribution in [-0.2, 0) is 0 Å². The van der Waals surface area contributed by atoms with Gasteiger partial charge in [-0.2, -0.15) is 0 Å². The Morgan fingerprint density at radius 2 is 1.16 bits per heavy atom. The lowest BCUT2D eigenvalue weighted by Gasteiger charge is -2.15. The average Bonchev–Trinajstić information content (AvgIpc) is 3.27. The lowest BCUT2D eigenvalue weighted by atomic mass is 9.87. The predicted molar refractivity (Wildman–Crippen MR) is 128 cm³/mol. The highest BCUT2D eigenvalue weighted by atomic mass is 16.1. The number of unbranched alkanes of at least 4 members (excludes halogenated alkanes) is 2. The standard InChI is InChI=1S/C26H30N4O2/c1-4-5-8-17-22(23-18(2)27-29(25(23)31)20-13-9-6-10-14-20)24-19(3)28-30(26(24)32)21-15-11-7-12-16-21/h6-7,9-16,22,27-28H,4-5,8,17H2,1-3H3. The van der Waals surface area contributed by atoms with Crippen LogP contribution in [0.2, 0.25) is 0 Å². The molecule has 2 heterocycles. The molecule has 0 radical (unpaired) electrons. The SMILES string of the molecule is CCCCCC(c1c(C)[nH]n(-c2ccccc2)c1=O)c1c(C)[nH]n(-c2ccccc2)c1=O. The van der Waals surface area contributed by atoms with E-state index in [0.29, 0.717) is 11.1 Å². The molecule has 2 aromatic heterocycles. The maximum absolute atomic E-state index is 13.5. The summed E-state index contributed by atoms with van der Waals surface area (Å²) in [7, 11) is 0. The van der Waals surface area contributed by atoms with E-state index >= 15 is 0 Å². The Bertz CT molecular complexity index is 1200. The zero-order chi connectivity index (χ0) is 22.7. The number of para-hydroxylation sites is 2. The first-order chi connectivity index (χ1) is 15.5. The maximum Gasteiger partial charge on any atom is 0.275 e. The zero-order valence-electron chi connectivity index (χ0n) is 18.9. The van der Waals surface area contributed by atoms with Crippen LogP contribution in [0.1, 0.15) is 61.0 Å². The number of benzene rings is 2. The van der Waals surface area contributed by atoms with Crippen molar-refractivity contribution < 1.29 is 0 Å². The first kappa shape index (κ1) is 21.7. The molecule has 166 valence electrons. The molecule has 2 N–H and O–H groups in total. The van der Waals surface area contributed by atoms with E-state index in [0.717, 1.165) is 48.4 Å². The second-order valence-electron chi connectivity index (χ2n) is 8.30. The van der Waals surface area contributed by atoms with Crippen molar-refractivity contribution in [1.29, 1.82) is 0 Å². The van der Waals surface area contributed by atoms with E-state index in [1.54, 1.807) is 9.36 Å². The molecule has 6 nitrogen and oxygen atoms in total. The highest BCUT2D eigenvalue weighted by molar-refractivity contribution is 5.40. The van der Waals surface area contributed by atoms with E-state index in [-0.39, 0.29) is 17.0 Å². The first-order valence-corrected chi connectivity index (χ1v) is 11.3. The normalized spacial score (nSPS) is 11.4. The summed E-state index contributed by atoms with van der Waals surface area (Å²) in [6.07, 6.45) is 3.84. The second kappa shape index (κ2) is 9.30. The van der Waals surface area contributed by atoms with Gasteiger partial charge in [0.15, 0.2) is 0 Å². The topological polar surface area (TPSA) is 75.6 Å². The number of nitrogens with one attached hydrogen (secondary N) is 2. The van der Waals surface area contributed by atoms with E-state index < -0.39 is 0 Å². The summed E-state index contributed by atoms with van der Waals surface area (Å²) < 4.78 is 3.16. The predicted octanol–water partition coefficient (Wildman–Crippen LogP) is 4.97. The molecule has 0 aliphatic heterocycles. The summed E-state index contributed by atoms with van der Waals surface area (Å²) in [5.74, 6) is -0.274. The van der Waals surface area contributed by atoms with Crippen LogP contribution in [0.5, 0.6) is 0 Å². The summed E-state index contributed by atoms with van der Waals surface area (Å²) in [5.41, 5.74) is 4.31. The molecule has 0 bridgehead atoms. The van der Waals surface area contributed by atoms with Crippen LogP contribution in [0.15, 0.2) is 70.3 Å². The van der Waals surface area contributed by atoms with Gasteiger partial charge >= 0.3 is 0 Å². The van der Waals surface area contributed by atoms with Gasteiger partial charge in [-0.05, 0) is 44.5 Å². The first-order valence-electron chi connectivity index (χ1n) is 11.3. The summed E-state index contributed by atoms with van der Waals surface area (Å²) in [6.45, 7) is 5.99. The Morgan fingerprint density at radius 1 is 0.719 bits per heavy atom. The fourth-order valence-corrected chi connectivity index (χ4v) is 4.49. The molecule has 0 unspecified atom stereocenters. The maximum atomic E-state index is 13.5. The van der Waals surface area contributed by atoms with Crippen LogP contribution in [0.3, 0.4) is 0 Å². The van der Waals surface area contributed by atoms with E-state index in [4.69, 9.17) is 0 Å². The molecule has 0 spiro atoms. The number of aromatic nitrogens is 4. The largest absolute Gasteiger partial charge is 0.295 e. The van der Waals surface area contributed by atoms with E-state index in [1.807, 2.05) is 74.5 Å². The van der Waals surface area contributed by atoms with Crippen LogP contribution < -0.4 is 11.1 Å². The summed E-state index contributed by atoms with van der Waals surface area (Å²) in [6, 6.07) is 19.1. The highest BCUT2D eigenvalue weighted by Crippen LogP contribution is 2.30. The number of H-pyrrole nitrogens is 2. The van der Waals surface area contributed by atoms with Gasteiger partial charge in [0.1, 0.15) is 0 Å². The highest BCUT2D eigenvalue weighted by Gasteiger charge is 2.29. The third-order valence-corrected chi connectivity index (χ3v) is 6.06. The molecule has 0 saturated heterocycles. The Kier molecular flexibility index (Phi) is 6.30. The lowest BCUT2D eigenvalue weighted by molar-refractivity contribution is 0.610. The minimum absolute atomic E-state index is 0.0959. The van der Waals surface area contributed by atoms with Gasteiger partial charge in [-0.25, -0.2) is 9.36 Å². The summed E-state index contributed by atoms with van der Waals surface area (Å²) >= 11 is 0. The molecule has 6 heteroatoms. The van der Waals surface area contributed by atoms with Gasteiger partial charge in [0.05, 0.1) is 11.4 Å². The van der Waals surface area contributed by atoms with Gasteiger partial charge in [-0.3, -0.25) is 19.8 Å². The lowest BCUT2D eigenvalue weighted by Crippen LogP contribution is -2.24. The van der Waals surface area contributed by atoms with Crippen LogP contribution in [0.4, 0.5) is 0 Å². The number of nitrogens with zero attached hydrogens (tertiary/aromatic N) is 2. The minimum atomic E-state index is -0.274. The van der Waals surface area contributed by atoms with Crippen molar-refractivity contribution in [1.82, 2.24) is 19.6 Å². The van der Waals surface area contributed by atoms with E-state index in [2.05, 4.69) is 17.1 Å². The second-order valence-corrected chi connectivity index (χ2v) is 8.30. The fraction of sp³-hybridized carbons (Fsp3) is 0.308. The molecule has 2 aromatic carbocycles. The zero-order valence-corrected chi connectivity index (χ0v) is 18.9. The monoisotopic (exact) mass is 430 g/mol. The van der Waals surface area contributed by atoms with E-state index in [9.17, 15) is 9.59 Å². The molecule has 0 atom stereocenters. The molecule has 0 aliphatic carbocycles. The molecule has 32 heavy (non-hydrogen) atoms. The van der Waals surface area contributed by atoms with Crippen LogP contribution in [0, 0.1) is 13.8 Å². The van der Waals surface area contributed by atoms with Crippen molar-refractivity contribution in [2.45, 2.75) is 52.4 Å². The minimum Gasteiger partial charge on any atom is -0.295 e. The quantitative estimate of drug-likeness (QED) is 0.387. The van der Waals surface area contributed by atoms with Crippen molar-refractivity contribution in [3.05, 3.63) is 104 Å². The van der Waals surface area contributed by atoms with Crippen molar-refractivity contribution in [2.24, 2.45) is 0 Å². The Hall–Kier alpha value is -3.54. The van der Waals surface area contributed by atoms with Crippen LogP contribution >= 0.6 is 0 Å². The number of aromatic amines is 2. The summed E-state index contributed by atoms with van der Waals surface area (Å²) in [4.78, 5) is 27.1. The molecule has 0 aliphatic rings. The molecular weight excluding hydrogens is 400 g/mol. The molecular formula is C26H30N4O2. The molecule has 4 rings (SSSR count). The molecule has 0 amide bonds. The van der Waals surface area contributed by atoms with Crippen LogP contribution in [-0.4, -0.2) is 19.6 Å². The third-order valence-electron chi connectivity index (χ3n) is 6.06. The number of aryl methyl sites for hydroxylation is 2. The molecule has 0 fully saturated rings. The van der Waals surface area contributed by atoms with Gasteiger partial charge in [-0.15, -0.1) is 0 Å². The van der Waals surface area contributed by atoms with Gasteiger partial charge in [0, 0.05) is 28.4 Å².